The van der Waals surface area contributed by atoms with Gasteiger partial charge >= 0.3 is 0 Å². The topological polar surface area (TPSA) is 69.2 Å². The highest BCUT2D eigenvalue weighted by Crippen LogP contribution is 2.31. The van der Waals surface area contributed by atoms with Crippen LogP contribution in [-0.2, 0) is 0 Å². The molecule has 4 rings (SSSR count). The van der Waals surface area contributed by atoms with Crippen LogP contribution in [0.25, 0.3) is 11.3 Å². The van der Waals surface area contributed by atoms with Gasteiger partial charge in [0.25, 0.3) is 5.91 Å². The van der Waals surface area contributed by atoms with Gasteiger partial charge in [-0.2, -0.15) is 0 Å². The largest absolute Gasteiger partial charge is 0.388 e. The lowest BCUT2D eigenvalue weighted by Gasteiger charge is -2.34. The summed E-state index contributed by atoms with van der Waals surface area (Å²) in [4.78, 5) is 22.2. The average Bonchev–Trinajstić information content (AvgIpc) is 3.37. The van der Waals surface area contributed by atoms with E-state index in [0.717, 1.165) is 34.7 Å². The van der Waals surface area contributed by atoms with Gasteiger partial charge in [-0.15, -0.1) is 11.3 Å². The highest BCUT2D eigenvalue weighted by molar-refractivity contribution is 7.09. The zero-order valence-corrected chi connectivity index (χ0v) is 16.1. The summed E-state index contributed by atoms with van der Waals surface area (Å²) in [6, 6.07) is 11.6. The normalized spacial score (nSPS) is 16.4. The first-order chi connectivity index (χ1) is 13.1. The van der Waals surface area contributed by atoms with Crippen molar-refractivity contribution in [3.8, 4) is 11.3 Å². The summed E-state index contributed by atoms with van der Waals surface area (Å²) in [5, 5.41) is 13.6. The van der Waals surface area contributed by atoms with E-state index in [2.05, 4.69) is 9.97 Å². The third-order valence-electron chi connectivity index (χ3n) is 5.24. The smallest absolute Gasteiger partial charge is 0.270 e. The van der Waals surface area contributed by atoms with Crippen molar-refractivity contribution in [3.63, 3.8) is 0 Å². The maximum absolute atomic E-state index is 12.8. The van der Waals surface area contributed by atoms with Crippen molar-refractivity contribution < 1.29 is 9.90 Å². The van der Waals surface area contributed by atoms with E-state index in [-0.39, 0.29) is 11.8 Å². The van der Waals surface area contributed by atoms with Gasteiger partial charge in [0.1, 0.15) is 5.69 Å². The predicted molar refractivity (Wildman–Crippen MR) is 107 cm³/mol. The number of likely N-dealkylation sites (tertiary alicyclic amines) is 1. The molecule has 5 nitrogen and oxygen atoms in total. The van der Waals surface area contributed by atoms with E-state index in [1.54, 1.807) is 11.3 Å². The van der Waals surface area contributed by atoms with Gasteiger partial charge < -0.3 is 15.0 Å². The third-order valence-corrected chi connectivity index (χ3v) is 6.02. The summed E-state index contributed by atoms with van der Waals surface area (Å²) in [5.41, 5.74) is 3.39. The van der Waals surface area contributed by atoms with E-state index in [4.69, 9.17) is 0 Å². The second-order valence-corrected chi connectivity index (χ2v) is 8.10. The second-order valence-electron chi connectivity index (χ2n) is 7.04. The molecule has 2 aromatic heterocycles. The van der Waals surface area contributed by atoms with Crippen molar-refractivity contribution in [2.24, 2.45) is 5.92 Å². The lowest BCUT2D eigenvalue weighted by atomic mass is 9.87. The number of hydrogen-bond donors (Lipinski definition) is 2. The Morgan fingerprint density at radius 1 is 1.30 bits per heavy atom. The van der Waals surface area contributed by atoms with Crippen LogP contribution in [-0.4, -0.2) is 39.0 Å². The molecule has 2 N–H and O–H groups in total. The Bertz CT molecular complexity index is 910. The maximum atomic E-state index is 12.8. The number of hydrogen-bond acceptors (Lipinski definition) is 4. The van der Waals surface area contributed by atoms with Crippen LogP contribution in [0.1, 0.15) is 40.0 Å². The Morgan fingerprint density at radius 3 is 2.70 bits per heavy atom. The van der Waals surface area contributed by atoms with E-state index in [9.17, 15) is 9.90 Å². The Hall–Kier alpha value is -2.44. The number of piperidine rings is 1. The molecule has 1 aromatic carbocycles. The SMILES string of the molecule is Cc1nc(-c2c[nH]c(C(=O)N3CCC([C@H](O)c4ccccc4)CC3)c2)cs1. The minimum absolute atomic E-state index is 0.0147. The van der Waals surface area contributed by atoms with Gasteiger partial charge in [-0.05, 0) is 37.3 Å². The lowest BCUT2D eigenvalue weighted by molar-refractivity contribution is 0.0459. The molecule has 27 heavy (non-hydrogen) atoms. The molecule has 1 aliphatic rings. The van der Waals surface area contributed by atoms with Gasteiger partial charge in [0.2, 0.25) is 0 Å². The maximum Gasteiger partial charge on any atom is 0.270 e. The van der Waals surface area contributed by atoms with Crippen molar-refractivity contribution in [2.45, 2.75) is 25.9 Å². The monoisotopic (exact) mass is 381 g/mol. The van der Waals surface area contributed by atoms with Crippen LogP contribution in [0.3, 0.4) is 0 Å². The molecule has 3 heterocycles. The van der Waals surface area contributed by atoms with Crippen molar-refractivity contribution >= 4 is 17.2 Å². The first-order valence-electron chi connectivity index (χ1n) is 9.25. The molecule has 0 saturated carbocycles. The fraction of sp³-hybridized carbons (Fsp3) is 0.333. The number of H-pyrrole nitrogens is 1. The minimum atomic E-state index is -0.464. The molecule has 3 aromatic rings. The third kappa shape index (κ3) is 3.82. The van der Waals surface area contributed by atoms with E-state index in [1.165, 1.54) is 0 Å². The van der Waals surface area contributed by atoms with Crippen LogP contribution in [0, 0.1) is 12.8 Å². The Morgan fingerprint density at radius 2 is 2.04 bits per heavy atom. The number of aliphatic hydroxyl groups is 1. The molecule has 140 valence electrons. The molecule has 0 aliphatic carbocycles. The molecular weight excluding hydrogens is 358 g/mol. The van der Waals surface area contributed by atoms with Crippen molar-refractivity contribution in [2.75, 3.05) is 13.1 Å². The number of nitrogens with zero attached hydrogens (tertiary/aromatic N) is 2. The zero-order valence-electron chi connectivity index (χ0n) is 15.3. The van der Waals surface area contributed by atoms with Crippen LogP contribution in [0.4, 0.5) is 0 Å². The quantitative estimate of drug-likeness (QED) is 0.717. The number of nitrogens with one attached hydrogen (secondary N) is 1. The molecule has 1 amide bonds. The molecule has 0 bridgehead atoms. The predicted octanol–water partition coefficient (Wildman–Crippen LogP) is 4.03. The summed E-state index contributed by atoms with van der Waals surface area (Å²) >= 11 is 1.60. The molecule has 0 radical (unpaired) electrons. The minimum Gasteiger partial charge on any atom is -0.388 e. The van der Waals surface area contributed by atoms with Gasteiger partial charge in [0.15, 0.2) is 0 Å². The Balaban J connectivity index is 1.38. The summed E-state index contributed by atoms with van der Waals surface area (Å²) < 4.78 is 0. The molecule has 6 heteroatoms. The molecular formula is C21H23N3O2S. The number of aromatic amines is 1. The number of carbonyl (C=O) groups is 1. The van der Waals surface area contributed by atoms with E-state index >= 15 is 0 Å². The van der Waals surface area contributed by atoms with E-state index < -0.39 is 6.10 Å². The van der Waals surface area contributed by atoms with Gasteiger partial charge in [0, 0.05) is 30.2 Å². The number of thiazole rings is 1. The molecule has 1 fully saturated rings. The zero-order chi connectivity index (χ0) is 18.8. The number of amides is 1. The van der Waals surface area contributed by atoms with Crippen LogP contribution in [0.2, 0.25) is 0 Å². The number of carbonyl (C=O) groups excluding carboxylic acids is 1. The summed E-state index contributed by atoms with van der Waals surface area (Å²) in [6.07, 6.45) is 2.99. The lowest BCUT2D eigenvalue weighted by Crippen LogP contribution is -2.39. The van der Waals surface area contributed by atoms with Gasteiger partial charge in [0.05, 0.1) is 16.8 Å². The fourth-order valence-electron chi connectivity index (χ4n) is 3.67. The number of aliphatic hydroxyl groups excluding tert-OH is 1. The summed E-state index contributed by atoms with van der Waals surface area (Å²) in [5.74, 6) is 0.203. The number of benzene rings is 1. The van der Waals surface area contributed by atoms with E-state index in [1.807, 2.05) is 59.8 Å². The summed E-state index contributed by atoms with van der Waals surface area (Å²) in [7, 11) is 0. The fourth-order valence-corrected chi connectivity index (χ4v) is 4.29. The van der Waals surface area contributed by atoms with Gasteiger partial charge in [-0.25, -0.2) is 4.98 Å². The van der Waals surface area contributed by atoms with Crippen LogP contribution in [0.5, 0.6) is 0 Å². The molecule has 1 saturated heterocycles. The van der Waals surface area contributed by atoms with E-state index in [0.29, 0.717) is 18.8 Å². The highest BCUT2D eigenvalue weighted by atomic mass is 32.1. The standard InChI is InChI=1S/C21H23N3O2S/c1-14-23-19(13-27-14)17-11-18(22-12-17)21(26)24-9-7-16(8-10-24)20(25)15-5-3-2-4-6-15/h2-6,11-13,16,20,22,25H,7-10H2,1H3/t20-/m1/s1. The van der Waals surface area contributed by atoms with Crippen LogP contribution >= 0.6 is 11.3 Å². The number of aromatic nitrogens is 2. The number of aryl methyl sites for hydroxylation is 1. The molecule has 0 unspecified atom stereocenters. The molecule has 1 atom stereocenters. The van der Waals surface area contributed by atoms with Crippen LogP contribution in [0.15, 0.2) is 48.0 Å². The highest BCUT2D eigenvalue weighted by Gasteiger charge is 2.29. The summed E-state index contributed by atoms with van der Waals surface area (Å²) in [6.45, 7) is 3.30. The first kappa shape index (κ1) is 17.9. The molecule has 1 aliphatic heterocycles. The Labute approximate surface area is 162 Å². The molecule has 0 spiro atoms. The Kier molecular flexibility index (Phi) is 5.09. The first-order valence-corrected chi connectivity index (χ1v) is 10.1. The van der Waals surface area contributed by atoms with Gasteiger partial charge in [-0.1, -0.05) is 30.3 Å². The second kappa shape index (κ2) is 7.66. The number of rotatable bonds is 4. The van der Waals surface area contributed by atoms with Gasteiger partial charge in [-0.3, -0.25) is 4.79 Å². The average molecular weight is 382 g/mol. The van der Waals surface area contributed by atoms with Crippen molar-refractivity contribution in [1.82, 2.24) is 14.9 Å². The van der Waals surface area contributed by atoms with Crippen LogP contribution < -0.4 is 0 Å². The van der Waals surface area contributed by atoms with Crippen molar-refractivity contribution in [1.29, 1.82) is 0 Å². The van der Waals surface area contributed by atoms with Crippen molar-refractivity contribution in [3.05, 3.63) is 64.2 Å².